The fourth-order valence-corrected chi connectivity index (χ4v) is 6.61. The number of allylic oxidation sites excluding steroid dienone is 1. The van der Waals surface area contributed by atoms with Gasteiger partial charge in [-0.05, 0) is 23.8 Å². The third-order valence-electron chi connectivity index (χ3n) is 8.52. The van der Waals surface area contributed by atoms with Gasteiger partial charge in [0, 0.05) is 55.7 Å². The lowest BCUT2D eigenvalue weighted by Crippen LogP contribution is -2.29. The molecule has 0 saturated carbocycles. The minimum atomic E-state index is -0.387. The SMILES string of the molecule is [N-]=[N+]=C1C2=N/C(=C\c3[nH]c(c4ccccc34)/C=C3N=C(/C=C4\NC1c1ccccc14)c1ccccc1\3)c1ccccc12. The Kier molecular flexibility index (Phi) is 4.68. The number of hydrogen-bond acceptors (Lipinski definition) is 3. The van der Waals surface area contributed by atoms with Crippen molar-refractivity contribution >= 4 is 57.2 Å². The van der Waals surface area contributed by atoms with Gasteiger partial charge >= 0.3 is 5.71 Å². The summed E-state index contributed by atoms with van der Waals surface area (Å²) in [5.74, 6) is 0. The molecule has 196 valence electrons. The lowest BCUT2D eigenvalue weighted by Gasteiger charge is -2.09. The Morgan fingerprint density at radius 2 is 1.17 bits per heavy atom. The Bertz CT molecular complexity index is 2230. The number of nitrogens with zero attached hydrogens (tertiary/aromatic N) is 4. The van der Waals surface area contributed by atoms with Crippen molar-refractivity contribution in [1.82, 2.24) is 10.3 Å². The van der Waals surface area contributed by atoms with E-state index in [0.717, 1.165) is 78.3 Å². The number of aliphatic imine (C=N–C) groups is 2. The zero-order chi connectivity index (χ0) is 27.8. The Hall–Kier alpha value is -5.84. The Labute approximate surface area is 241 Å². The highest BCUT2D eigenvalue weighted by Gasteiger charge is 2.41. The van der Waals surface area contributed by atoms with Crippen LogP contribution < -0.4 is 5.32 Å². The summed E-state index contributed by atoms with van der Waals surface area (Å²) < 4.78 is 0. The molecule has 0 radical (unpaired) electrons. The summed E-state index contributed by atoms with van der Waals surface area (Å²) >= 11 is 0. The maximum atomic E-state index is 10.5. The number of aromatic nitrogens is 1. The molecule has 4 aromatic carbocycles. The number of rotatable bonds is 0. The van der Waals surface area contributed by atoms with Gasteiger partial charge in [0.1, 0.15) is 0 Å². The Morgan fingerprint density at radius 3 is 1.88 bits per heavy atom. The highest BCUT2D eigenvalue weighted by molar-refractivity contribution is 6.51. The second-order valence-corrected chi connectivity index (χ2v) is 10.8. The zero-order valence-electron chi connectivity index (χ0n) is 22.3. The predicted molar refractivity (Wildman–Crippen MR) is 169 cm³/mol. The van der Waals surface area contributed by atoms with Crippen molar-refractivity contribution in [2.75, 3.05) is 0 Å². The number of H-pyrrole nitrogens is 1. The first-order chi connectivity index (χ1) is 20.8. The molecular formula is C36H22N6. The summed E-state index contributed by atoms with van der Waals surface area (Å²) in [6.45, 7) is 0. The first kappa shape index (κ1) is 22.9. The summed E-state index contributed by atoms with van der Waals surface area (Å²) in [5, 5.41) is 5.87. The van der Waals surface area contributed by atoms with Crippen LogP contribution in [0.15, 0.2) is 113 Å². The normalized spacial score (nSPS) is 21.4. The molecule has 5 heterocycles. The van der Waals surface area contributed by atoms with E-state index >= 15 is 0 Å². The molecular weight excluding hydrogens is 516 g/mol. The summed E-state index contributed by atoms with van der Waals surface area (Å²) in [6.07, 6.45) is 6.34. The smallest absolute Gasteiger partial charge is 0.344 e. The van der Waals surface area contributed by atoms with Gasteiger partial charge in [0.25, 0.3) is 0 Å². The van der Waals surface area contributed by atoms with Crippen molar-refractivity contribution in [2.45, 2.75) is 6.04 Å². The molecule has 0 amide bonds. The monoisotopic (exact) mass is 538 g/mol. The summed E-state index contributed by atoms with van der Waals surface area (Å²) in [6, 6.07) is 32.7. The molecule has 0 aliphatic carbocycles. The van der Waals surface area contributed by atoms with Gasteiger partial charge < -0.3 is 15.8 Å². The minimum Gasteiger partial charge on any atom is -0.368 e. The van der Waals surface area contributed by atoms with Crippen molar-refractivity contribution in [3.8, 4) is 0 Å². The second-order valence-electron chi connectivity index (χ2n) is 10.8. The molecule has 0 fully saturated rings. The number of nitrogens with one attached hydrogen (secondary N) is 2. The second kappa shape index (κ2) is 8.58. The van der Waals surface area contributed by atoms with Crippen LogP contribution in [0.4, 0.5) is 0 Å². The van der Waals surface area contributed by atoms with Crippen LogP contribution in [0.25, 0.3) is 45.5 Å². The van der Waals surface area contributed by atoms with E-state index < -0.39 is 0 Å². The predicted octanol–water partition coefficient (Wildman–Crippen LogP) is 7.14. The van der Waals surface area contributed by atoms with E-state index in [2.05, 4.69) is 94.0 Å². The average Bonchev–Trinajstić information content (AvgIpc) is 3.77. The van der Waals surface area contributed by atoms with Crippen LogP contribution in [-0.4, -0.2) is 26.9 Å². The van der Waals surface area contributed by atoms with E-state index in [0.29, 0.717) is 11.4 Å². The fraction of sp³-hybridized carbons (Fsp3) is 0.0278. The van der Waals surface area contributed by atoms with E-state index in [9.17, 15) is 5.53 Å². The maximum Gasteiger partial charge on any atom is 0.344 e. The zero-order valence-corrected chi connectivity index (χ0v) is 22.3. The van der Waals surface area contributed by atoms with Crippen molar-refractivity contribution < 1.29 is 4.79 Å². The van der Waals surface area contributed by atoms with Gasteiger partial charge in [-0.15, -0.1) is 0 Å². The Balaban J connectivity index is 1.38. The molecule has 1 atom stereocenters. The Morgan fingerprint density at radius 1 is 0.595 bits per heavy atom. The van der Waals surface area contributed by atoms with Crippen LogP contribution >= 0.6 is 0 Å². The lowest BCUT2D eigenvalue weighted by atomic mass is 9.94. The van der Waals surface area contributed by atoms with Gasteiger partial charge in [-0.2, -0.15) is 4.79 Å². The summed E-state index contributed by atoms with van der Waals surface area (Å²) in [5.41, 5.74) is 23.3. The third-order valence-corrected chi connectivity index (χ3v) is 8.52. The van der Waals surface area contributed by atoms with Crippen molar-refractivity contribution in [3.63, 3.8) is 0 Å². The van der Waals surface area contributed by atoms with Gasteiger partial charge in [0.2, 0.25) is 0 Å². The first-order valence-corrected chi connectivity index (χ1v) is 14.0. The van der Waals surface area contributed by atoms with Crippen LogP contribution in [0.3, 0.4) is 0 Å². The van der Waals surface area contributed by atoms with E-state index in [-0.39, 0.29) is 6.04 Å². The van der Waals surface area contributed by atoms with E-state index in [1.165, 1.54) is 0 Å². The van der Waals surface area contributed by atoms with Gasteiger partial charge in [0.05, 0.1) is 17.1 Å². The molecule has 0 spiro atoms. The summed E-state index contributed by atoms with van der Waals surface area (Å²) in [7, 11) is 0. The molecule has 9 rings (SSSR count). The van der Waals surface area contributed by atoms with E-state index in [4.69, 9.17) is 9.98 Å². The number of benzene rings is 4. The molecule has 4 aliphatic heterocycles. The fourth-order valence-electron chi connectivity index (χ4n) is 6.61. The topological polar surface area (TPSA) is 88.9 Å². The molecule has 2 N–H and O–H groups in total. The van der Waals surface area contributed by atoms with Crippen LogP contribution in [0, 0.1) is 0 Å². The molecule has 0 saturated heterocycles. The molecule has 5 aromatic rings. The largest absolute Gasteiger partial charge is 0.368 e. The number of fused-ring (bicyclic) bond motifs is 18. The van der Waals surface area contributed by atoms with E-state index in [1.54, 1.807) is 0 Å². The van der Waals surface area contributed by atoms with Gasteiger partial charge in [-0.25, -0.2) is 9.98 Å². The van der Waals surface area contributed by atoms with Crippen LogP contribution in [0.2, 0.25) is 0 Å². The minimum absolute atomic E-state index is 0.387. The average molecular weight is 539 g/mol. The quantitative estimate of drug-likeness (QED) is 0.159. The van der Waals surface area contributed by atoms with Crippen molar-refractivity contribution in [2.24, 2.45) is 9.98 Å². The molecule has 4 aliphatic rings. The van der Waals surface area contributed by atoms with Gasteiger partial charge in [0.15, 0.2) is 11.8 Å². The lowest BCUT2D eigenvalue weighted by molar-refractivity contribution is -0.00638. The number of aromatic amines is 1. The molecule has 6 heteroatoms. The molecule has 8 bridgehead atoms. The van der Waals surface area contributed by atoms with Gasteiger partial charge in [-0.3, -0.25) is 0 Å². The number of hydrogen-bond donors (Lipinski definition) is 2. The molecule has 1 unspecified atom stereocenters. The maximum absolute atomic E-state index is 10.5. The first-order valence-electron chi connectivity index (χ1n) is 14.0. The third kappa shape index (κ3) is 3.21. The molecule has 1 aromatic heterocycles. The summed E-state index contributed by atoms with van der Waals surface area (Å²) in [4.78, 5) is 17.8. The molecule has 42 heavy (non-hydrogen) atoms. The van der Waals surface area contributed by atoms with Crippen LogP contribution in [-0.2, 0) is 0 Å². The highest BCUT2D eigenvalue weighted by atomic mass is 15.0. The van der Waals surface area contributed by atoms with Crippen molar-refractivity contribution in [1.29, 1.82) is 0 Å². The van der Waals surface area contributed by atoms with Gasteiger partial charge in [-0.1, -0.05) is 97.1 Å². The highest BCUT2D eigenvalue weighted by Crippen LogP contribution is 2.40. The standard InChI is InChI=1S/C36H22N6/c37-42-36-34-26-15-7-5-13-24(26)32(40-34)18-30-22-11-3-1-9-20(22)28(38-30)17-29-21-10-2-4-12-23(21)31(39-29)19-33-25-14-6-8-16-27(25)35(36)41-33/h1-19,34,39-40H/b28-17-,32-18-,33-19-. The van der Waals surface area contributed by atoms with Crippen molar-refractivity contribution in [3.05, 3.63) is 153 Å². The van der Waals surface area contributed by atoms with Crippen LogP contribution in [0.5, 0.6) is 0 Å². The van der Waals surface area contributed by atoms with E-state index in [1.807, 2.05) is 36.4 Å². The van der Waals surface area contributed by atoms with Crippen LogP contribution in [0.1, 0.15) is 50.8 Å². The molecule has 6 nitrogen and oxygen atoms in total.